The van der Waals surface area contributed by atoms with Gasteiger partial charge < -0.3 is 4.90 Å². The molecule has 1 saturated carbocycles. The van der Waals surface area contributed by atoms with Gasteiger partial charge in [0.15, 0.2) is 0 Å². The van der Waals surface area contributed by atoms with Crippen LogP contribution < -0.4 is 4.90 Å². The van der Waals surface area contributed by atoms with Gasteiger partial charge in [0, 0.05) is 17.8 Å². The average Bonchev–Trinajstić information content (AvgIpc) is 2.20. The molecule has 0 aromatic carbocycles. The summed E-state index contributed by atoms with van der Waals surface area (Å²) in [6.07, 6.45) is 4.82. The minimum atomic E-state index is -0.495. The minimum Gasteiger partial charge on any atom is -0.334 e. The zero-order chi connectivity index (χ0) is 11.5. The molecule has 2 unspecified atom stereocenters. The van der Waals surface area contributed by atoms with E-state index >= 15 is 0 Å². The molecule has 2 fully saturated rings. The summed E-state index contributed by atoms with van der Waals surface area (Å²) in [7, 11) is 0. The summed E-state index contributed by atoms with van der Waals surface area (Å²) in [5, 5.41) is 0. The fourth-order valence-corrected chi connectivity index (χ4v) is 3.82. The van der Waals surface area contributed by atoms with Crippen LogP contribution in [-0.4, -0.2) is 25.8 Å². The van der Waals surface area contributed by atoms with E-state index < -0.39 is 6.17 Å². The van der Waals surface area contributed by atoms with Crippen LogP contribution in [0, 0.1) is 17.8 Å². The van der Waals surface area contributed by atoms with E-state index in [2.05, 4.69) is 13.8 Å². The summed E-state index contributed by atoms with van der Waals surface area (Å²) in [5.41, 5.74) is 0. The third-order valence-electron chi connectivity index (χ3n) is 4.43. The van der Waals surface area contributed by atoms with E-state index in [0.717, 1.165) is 43.4 Å². The number of hydrogen-bond acceptors (Lipinski definition) is 0. The highest BCUT2D eigenvalue weighted by Gasteiger charge is 2.29. The van der Waals surface area contributed by atoms with Crippen molar-refractivity contribution < 1.29 is 9.29 Å². The lowest BCUT2D eigenvalue weighted by atomic mass is 9.86. The molecule has 0 aromatic rings. The third-order valence-corrected chi connectivity index (χ3v) is 4.43. The van der Waals surface area contributed by atoms with Crippen LogP contribution >= 0.6 is 0 Å². The van der Waals surface area contributed by atoms with Crippen LogP contribution in [0.2, 0.25) is 0 Å². The van der Waals surface area contributed by atoms with E-state index in [9.17, 15) is 4.39 Å². The second kappa shape index (κ2) is 5.48. The van der Waals surface area contributed by atoms with Gasteiger partial charge in [-0.3, -0.25) is 0 Å². The van der Waals surface area contributed by atoms with Crippen molar-refractivity contribution in [2.75, 3.05) is 19.6 Å². The van der Waals surface area contributed by atoms with Gasteiger partial charge in [-0.05, 0) is 32.1 Å². The Balaban J connectivity index is 1.76. The van der Waals surface area contributed by atoms with Gasteiger partial charge in [0.05, 0.1) is 19.6 Å². The van der Waals surface area contributed by atoms with Crippen LogP contribution in [0.25, 0.3) is 0 Å². The van der Waals surface area contributed by atoms with E-state index in [1.807, 2.05) is 0 Å². The molecule has 2 aliphatic rings. The molecule has 1 nitrogen and oxygen atoms in total. The van der Waals surface area contributed by atoms with Crippen LogP contribution in [0.15, 0.2) is 0 Å². The molecule has 0 amide bonds. The highest BCUT2D eigenvalue weighted by atomic mass is 19.1. The molecule has 2 heteroatoms. The van der Waals surface area contributed by atoms with Crippen molar-refractivity contribution in [2.45, 2.75) is 52.1 Å². The molecule has 1 aliphatic carbocycles. The fraction of sp³-hybridized carbons (Fsp3) is 1.00. The Morgan fingerprint density at radius 1 is 1.00 bits per heavy atom. The number of nitrogens with one attached hydrogen (secondary N) is 1. The van der Waals surface area contributed by atoms with Crippen molar-refractivity contribution in [3.8, 4) is 0 Å². The summed E-state index contributed by atoms with van der Waals surface area (Å²) in [5.74, 6) is 2.58. The molecule has 1 saturated heterocycles. The summed E-state index contributed by atoms with van der Waals surface area (Å²) in [6.45, 7) is 8.77. The molecule has 2 rings (SSSR count). The first kappa shape index (κ1) is 12.3. The van der Waals surface area contributed by atoms with Gasteiger partial charge >= 0.3 is 0 Å². The summed E-state index contributed by atoms with van der Waals surface area (Å²) in [4.78, 5) is 1.79. The Hall–Kier alpha value is -0.110. The van der Waals surface area contributed by atoms with E-state index in [1.54, 1.807) is 4.90 Å². The normalized spacial score (nSPS) is 45.6. The lowest BCUT2D eigenvalue weighted by Crippen LogP contribution is -3.15. The van der Waals surface area contributed by atoms with Crippen molar-refractivity contribution in [1.29, 1.82) is 0 Å². The van der Waals surface area contributed by atoms with E-state index in [0.29, 0.717) is 0 Å². The summed E-state index contributed by atoms with van der Waals surface area (Å²) >= 11 is 0. The van der Waals surface area contributed by atoms with E-state index in [-0.39, 0.29) is 0 Å². The van der Waals surface area contributed by atoms with Crippen LogP contribution in [0.1, 0.15) is 46.0 Å². The number of alkyl halides is 1. The Kier molecular flexibility index (Phi) is 4.23. The van der Waals surface area contributed by atoms with Crippen molar-refractivity contribution in [3.63, 3.8) is 0 Å². The number of rotatable bonds is 2. The average molecular weight is 228 g/mol. The standard InChI is InChI=1S/C14H26FN/c1-11-7-12(2)9-16(8-11)10-13-3-5-14(15)6-4-13/h11-14H,3-10H2,1-2H3/p+1. The van der Waals surface area contributed by atoms with Gasteiger partial charge in [-0.25, -0.2) is 4.39 Å². The molecule has 1 aliphatic heterocycles. The van der Waals surface area contributed by atoms with Crippen LogP contribution in [0.4, 0.5) is 4.39 Å². The first-order valence-electron chi connectivity index (χ1n) is 7.11. The van der Waals surface area contributed by atoms with Gasteiger partial charge in [-0.2, -0.15) is 0 Å². The largest absolute Gasteiger partial charge is 0.334 e. The SMILES string of the molecule is CC1CC(C)C[NH+](CC2CCC(F)CC2)C1. The molecule has 0 spiro atoms. The first-order chi connectivity index (χ1) is 7.63. The topological polar surface area (TPSA) is 4.44 Å². The molecular formula is C14H27FN+. The Morgan fingerprint density at radius 2 is 1.56 bits per heavy atom. The Bertz CT molecular complexity index is 201. The van der Waals surface area contributed by atoms with Gasteiger partial charge in [0.1, 0.15) is 6.17 Å². The molecule has 2 atom stereocenters. The number of hydrogen-bond donors (Lipinski definition) is 1. The minimum absolute atomic E-state index is 0.495. The molecule has 1 N–H and O–H groups in total. The van der Waals surface area contributed by atoms with Gasteiger partial charge in [0.2, 0.25) is 0 Å². The quantitative estimate of drug-likeness (QED) is 0.738. The molecular weight excluding hydrogens is 201 g/mol. The van der Waals surface area contributed by atoms with Crippen LogP contribution in [0.3, 0.4) is 0 Å². The molecule has 0 bridgehead atoms. The zero-order valence-corrected chi connectivity index (χ0v) is 10.8. The van der Waals surface area contributed by atoms with E-state index in [1.165, 1.54) is 26.1 Å². The molecule has 94 valence electrons. The van der Waals surface area contributed by atoms with Crippen LogP contribution in [-0.2, 0) is 0 Å². The monoisotopic (exact) mass is 228 g/mol. The maximum Gasteiger partial charge on any atom is 0.100 e. The zero-order valence-electron chi connectivity index (χ0n) is 10.8. The molecule has 0 radical (unpaired) electrons. The molecule has 1 heterocycles. The van der Waals surface area contributed by atoms with Crippen molar-refractivity contribution in [1.82, 2.24) is 0 Å². The predicted octanol–water partition coefficient (Wildman–Crippen LogP) is 2.08. The number of piperidine rings is 1. The first-order valence-corrected chi connectivity index (χ1v) is 7.11. The third kappa shape index (κ3) is 3.44. The Labute approximate surface area is 99.4 Å². The Morgan fingerprint density at radius 3 is 2.12 bits per heavy atom. The number of quaternary nitrogens is 1. The van der Waals surface area contributed by atoms with Gasteiger partial charge in [0.25, 0.3) is 0 Å². The predicted molar refractivity (Wildman–Crippen MR) is 65.4 cm³/mol. The van der Waals surface area contributed by atoms with Crippen molar-refractivity contribution in [2.24, 2.45) is 17.8 Å². The number of likely N-dealkylation sites (tertiary alicyclic amines) is 1. The highest BCUT2D eigenvalue weighted by molar-refractivity contribution is 4.72. The smallest absolute Gasteiger partial charge is 0.100 e. The van der Waals surface area contributed by atoms with Crippen molar-refractivity contribution >= 4 is 0 Å². The molecule has 16 heavy (non-hydrogen) atoms. The maximum absolute atomic E-state index is 13.1. The fourth-order valence-electron chi connectivity index (χ4n) is 3.82. The number of halogens is 1. The second-order valence-electron chi connectivity index (χ2n) is 6.43. The highest BCUT2D eigenvalue weighted by Crippen LogP contribution is 2.25. The van der Waals surface area contributed by atoms with E-state index in [4.69, 9.17) is 0 Å². The van der Waals surface area contributed by atoms with Crippen LogP contribution in [0.5, 0.6) is 0 Å². The lowest BCUT2D eigenvalue weighted by molar-refractivity contribution is -0.915. The second-order valence-corrected chi connectivity index (χ2v) is 6.43. The molecule has 0 aromatic heterocycles. The van der Waals surface area contributed by atoms with Crippen molar-refractivity contribution in [3.05, 3.63) is 0 Å². The van der Waals surface area contributed by atoms with Gasteiger partial charge in [-0.1, -0.05) is 13.8 Å². The summed E-state index contributed by atoms with van der Waals surface area (Å²) < 4.78 is 13.1. The maximum atomic E-state index is 13.1. The lowest BCUT2D eigenvalue weighted by Gasteiger charge is -2.35. The van der Waals surface area contributed by atoms with Gasteiger partial charge in [-0.15, -0.1) is 0 Å². The summed E-state index contributed by atoms with van der Waals surface area (Å²) in [6, 6.07) is 0.